The minimum atomic E-state index is -4.08. The number of amides is 1. The van der Waals surface area contributed by atoms with Crippen molar-refractivity contribution in [3.63, 3.8) is 0 Å². The van der Waals surface area contributed by atoms with E-state index in [4.69, 9.17) is 9.88 Å². The van der Waals surface area contributed by atoms with E-state index in [2.05, 4.69) is 0 Å². The van der Waals surface area contributed by atoms with Gasteiger partial charge in [0.05, 0.1) is 10.5 Å². The molecule has 1 aliphatic heterocycles. The molecule has 0 saturated carbocycles. The van der Waals surface area contributed by atoms with E-state index in [9.17, 15) is 22.4 Å². The zero-order valence-corrected chi connectivity index (χ0v) is 14.7. The number of nitrogens with two attached hydrogens (primary N) is 1. The normalized spacial score (nSPS) is 18.0. The van der Waals surface area contributed by atoms with E-state index in [1.165, 1.54) is 0 Å². The summed E-state index contributed by atoms with van der Waals surface area (Å²) in [4.78, 5) is 25.5. The Morgan fingerprint density at radius 2 is 2.08 bits per heavy atom. The van der Waals surface area contributed by atoms with Crippen molar-refractivity contribution >= 4 is 21.9 Å². The number of hydrogen-bond donors (Lipinski definition) is 1. The van der Waals surface area contributed by atoms with Crippen LogP contribution in [0.2, 0.25) is 0 Å². The van der Waals surface area contributed by atoms with Crippen molar-refractivity contribution in [1.82, 2.24) is 4.90 Å². The second-order valence-electron chi connectivity index (χ2n) is 5.91. The number of rotatable bonds is 5. The number of esters is 1. The lowest BCUT2D eigenvalue weighted by Gasteiger charge is -2.35. The average Bonchev–Trinajstić information content (AvgIpc) is 2.58. The zero-order valence-electron chi connectivity index (χ0n) is 13.9. The second-order valence-corrected chi connectivity index (χ2v) is 7.47. The molecule has 1 atom stereocenters. The molecule has 1 unspecified atom stereocenters. The molecule has 9 heteroatoms. The molecule has 0 aromatic heterocycles. The van der Waals surface area contributed by atoms with Gasteiger partial charge in [-0.15, -0.1) is 0 Å². The van der Waals surface area contributed by atoms with E-state index < -0.39 is 38.9 Å². The van der Waals surface area contributed by atoms with Crippen molar-refractivity contribution < 1.29 is 27.1 Å². The Balaban J connectivity index is 2.06. The van der Waals surface area contributed by atoms with Crippen LogP contribution in [-0.2, 0) is 19.6 Å². The first-order chi connectivity index (χ1) is 11.7. The molecule has 0 radical (unpaired) electrons. The summed E-state index contributed by atoms with van der Waals surface area (Å²) >= 11 is 0. The summed E-state index contributed by atoms with van der Waals surface area (Å²) < 4.78 is 41.3. The molecule has 1 aromatic carbocycles. The molecule has 7 nitrogen and oxygen atoms in total. The van der Waals surface area contributed by atoms with Crippen LogP contribution in [0.3, 0.4) is 0 Å². The summed E-state index contributed by atoms with van der Waals surface area (Å²) in [5.74, 6) is -2.40. The number of carbonyl (C=O) groups excluding carboxylic acids is 2. The third-order valence-corrected chi connectivity index (χ3v) is 5.14. The van der Waals surface area contributed by atoms with E-state index in [0.29, 0.717) is 6.54 Å². The number of sulfonamides is 1. The topological polar surface area (TPSA) is 107 Å². The number of ether oxygens (including phenoxy) is 1. The van der Waals surface area contributed by atoms with Gasteiger partial charge in [-0.3, -0.25) is 4.79 Å². The molecule has 1 aromatic rings. The number of benzene rings is 1. The smallest absolute Gasteiger partial charge is 0.341 e. The summed E-state index contributed by atoms with van der Waals surface area (Å²) in [5, 5.41) is 4.96. The molecule has 138 valence electrons. The van der Waals surface area contributed by atoms with Gasteiger partial charge in [0.15, 0.2) is 6.61 Å². The molecule has 1 saturated heterocycles. The van der Waals surface area contributed by atoms with Crippen LogP contribution >= 0.6 is 0 Å². The molecule has 0 bridgehead atoms. The van der Waals surface area contributed by atoms with E-state index in [1.807, 2.05) is 6.92 Å². The molecular weight excluding hydrogens is 351 g/mol. The van der Waals surface area contributed by atoms with Gasteiger partial charge < -0.3 is 9.64 Å². The maximum absolute atomic E-state index is 13.8. The largest absolute Gasteiger partial charge is 0.452 e. The first-order valence-corrected chi connectivity index (χ1v) is 9.57. The Morgan fingerprint density at radius 1 is 1.36 bits per heavy atom. The third kappa shape index (κ3) is 4.76. The molecule has 1 amide bonds. The predicted molar refractivity (Wildman–Crippen MR) is 87.7 cm³/mol. The van der Waals surface area contributed by atoms with Gasteiger partial charge in [-0.2, -0.15) is 0 Å². The number of nitrogens with zero attached hydrogens (tertiary/aromatic N) is 1. The fourth-order valence-electron chi connectivity index (χ4n) is 2.88. The minimum absolute atomic E-state index is 0.113. The van der Waals surface area contributed by atoms with Crippen LogP contribution in [0.15, 0.2) is 23.1 Å². The van der Waals surface area contributed by atoms with Gasteiger partial charge in [0.2, 0.25) is 10.0 Å². The Kier molecular flexibility index (Phi) is 6.12. The van der Waals surface area contributed by atoms with Gasteiger partial charge in [-0.05, 0) is 43.9 Å². The van der Waals surface area contributed by atoms with E-state index in [1.54, 1.807) is 4.90 Å². The Bertz CT molecular complexity index is 766. The number of carbonyl (C=O) groups is 2. The van der Waals surface area contributed by atoms with Crippen LogP contribution < -0.4 is 5.14 Å². The van der Waals surface area contributed by atoms with Crippen molar-refractivity contribution in [1.29, 1.82) is 0 Å². The van der Waals surface area contributed by atoms with Gasteiger partial charge in [-0.25, -0.2) is 22.7 Å². The van der Waals surface area contributed by atoms with Crippen molar-refractivity contribution in [2.24, 2.45) is 5.14 Å². The van der Waals surface area contributed by atoms with Gasteiger partial charge in [-0.1, -0.05) is 6.92 Å². The molecule has 1 heterocycles. The molecule has 2 N–H and O–H groups in total. The van der Waals surface area contributed by atoms with E-state index >= 15 is 0 Å². The fourth-order valence-corrected chi connectivity index (χ4v) is 3.42. The summed E-state index contributed by atoms with van der Waals surface area (Å²) in [7, 11) is -4.08. The highest BCUT2D eigenvalue weighted by atomic mass is 32.2. The highest BCUT2D eigenvalue weighted by molar-refractivity contribution is 7.89. The van der Waals surface area contributed by atoms with Crippen LogP contribution in [0.25, 0.3) is 0 Å². The number of piperidine rings is 1. The SMILES string of the molecule is CCC1CCCCN1C(=O)COC(=O)c1cc(S(N)(=O)=O)ccc1F. The van der Waals surface area contributed by atoms with Crippen molar-refractivity contribution in [3.05, 3.63) is 29.6 Å². The minimum Gasteiger partial charge on any atom is -0.452 e. The lowest BCUT2D eigenvalue weighted by atomic mass is 10.00. The monoisotopic (exact) mass is 372 g/mol. The quantitative estimate of drug-likeness (QED) is 0.787. The third-order valence-electron chi connectivity index (χ3n) is 4.23. The Labute approximate surface area is 146 Å². The Morgan fingerprint density at radius 3 is 2.72 bits per heavy atom. The maximum atomic E-state index is 13.8. The van der Waals surface area contributed by atoms with Crippen molar-refractivity contribution in [2.75, 3.05) is 13.2 Å². The van der Waals surface area contributed by atoms with Crippen LogP contribution in [0.1, 0.15) is 43.0 Å². The number of likely N-dealkylation sites (tertiary alicyclic amines) is 1. The summed E-state index contributed by atoms with van der Waals surface area (Å²) in [6.45, 7) is 2.06. The lowest BCUT2D eigenvalue weighted by molar-refractivity contribution is -0.138. The second kappa shape index (κ2) is 7.92. The summed E-state index contributed by atoms with van der Waals surface area (Å²) in [5.41, 5.74) is -0.579. The highest BCUT2D eigenvalue weighted by Crippen LogP contribution is 2.20. The first-order valence-electron chi connectivity index (χ1n) is 8.03. The zero-order chi connectivity index (χ0) is 18.6. The number of halogens is 1. The van der Waals surface area contributed by atoms with Crippen LogP contribution in [-0.4, -0.2) is 44.4 Å². The molecule has 0 spiro atoms. The molecule has 2 rings (SSSR count). The highest BCUT2D eigenvalue weighted by Gasteiger charge is 2.26. The average molecular weight is 372 g/mol. The van der Waals surface area contributed by atoms with Gasteiger partial charge in [0, 0.05) is 12.6 Å². The molecule has 25 heavy (non-hydrogen) atoms. The number of hydrogen-bond acceptors (Lipinski definition) is 5. The van der Waals surface area contributed by atoms with Gasteiger partial charge in [0.1, 0.15) is 5.82 Å². The standard InChI is InChI=1S/C16H21FN2O5S/c1-2-11-5-3-4-8-19(11)15(20)10-24-16(21)13-9-12(25(18,22)23)6-7-14(13)17/h6-7,9,11H,2-5,8,10H2,1H3,(H2,18,22,23). The molecule has 1 fully saturated rings. The van der Waals surface area contributed by atoms with Gasteiger partial charge >= 0.3 is 5.97 Å². The van der Waals surface area contributed by atoms with Crippen LogP contribution in [0.5, 0.6) is 0 Å². The van der Waals surface area contributed by atoms with E-state index in [0.717, 1.165) is 43.9 Å². The molecule has 1 aliphatic rings. The van der Waals surface area contributed by atoms with Crippen molar-refractivity contribution in [2.45, 2.75) is 43.5 Å². The molecule has 0 aliphatic carbocycles. The number of primary sulfonamides is 1. The fraction of sp³-hybridized carbons (Fsp3) is 0.500. The molecular formula is C16H21FN2O5S. The predicted octanol–water partition coefficient (Wildman–Crippen LogP) is 1.42. The van der Waals surface area contributed by atoms with Crippen LogP contribution in [0.4, 0.5) is 4.39 Å². The summed E-state index contributed by atoms with van der Waals surface area (Å²) in [6.07, 6.45) is 3.65. The van der Waals surface area contributed by atoms with Gasteiger partial charge in [0.25, 0.3) is 5.91 Å². The maximum Gasteiger partial charge on any atom is 0.341 e. The van der Waals surface area contributed by atoms with E-state index in [-0.39, 0.29) is 11.9 Å². The summed E-state index contributed by atoms with van der Waals surface area (Å²) in [6, 6.07) is 2.68. The first kappa shape index (κ1) is 19.3. The van der Waals surface area contributed by atoms with Crippen molar-refractivity contribution in [3.8, 4) is 0 Å². The Hall–Kier alpha value is -2.00. The van der Waals surface area contributed by atoms with Crippen LogP contribution in [0, 0.1) is 5.82 Å². The lowest BCUT2D eigenvalue weighted by Crippen LogP contribution is -2.45.